The first-order valence-electron chi connectivity index (χ1n) is 6.41. The number of hydrogen-bond acceptors (Lipinski definition) is 3. The molecule has 0 fully saturated rings. The molecule has 0 bridgehead atoms. The first kappa shape index (κ1) is 15.2. The van der Waals surface area contributed by atoms with Crippen molar-refractivity contribution in [3.8, 4) is 0 Å². The molecule has 0 aliphatic heterocycles. The maximum absolute atomic E-state index is 11.7. The molecule has 2 N–H and O–H groups in total. The van der Waals surface area contributed by atoms with Crippen LogP contribution in [-0.2, 0) is 9.53 Å². The smallest absolute Gasteiger partial charge is 0.251 e. The Bertz CT molecular complexity index is 393. The second-order valence-corrected chi connectivity index (χ2v) is 3.95. The highest BCUT2D eigenvalue weighted by Gasteiger charge is 2.06. The highest BCUT2D eigenvalue weighted by molar-refractivity contribution is 5.96. The van der Waals surface area contributed by atoms with E-state index in [2.05, 4.69) is 10.6 Å². The van der Waals surface area contributed by atoms with E-state index in [1.54, 1.807) is 24.3 Å². The summed E-state index contributed by atoms with van der Waals surface area (Å²) in [7, 11) is 0. The molecule has 0 saturated carbocycles. The molecule has 2 amide bonds. The lowest BCUT2D eigenvalue weighted by atomic mass is 10.2. The summed E-state index contributed by atoms with van der Waals surface area (Å²) >= 11 is 0. The maximum atomic E-state index is 11.7. The third kappa shape index (κ3) is 6.57. The molecule has 0 aliphatic rings. The number of hydrogen-bond donors (Lipinski definition) is 2. The molecule has 0 atom stereocenters. The van der Waals surface area contributed by atoms with E-state index in [-0.39, 0.29) is 18.4 Å². The van der Waals surface area contributed by atoms with Crippen molar-refractivity contribution < 1.29 is 14.3 Å². The van der Waals surface area contributed by atoms with Crippen LogP contribution in [0.4, 0.5) is 0 Å². The Kier molecular flexibility index (Phi) is 7.27. The Morgan fingerprint density at radius 3 is 2.58 bits per heavy atom. The van der Waals surface area contributed by atoms with Gasteiger partial charge in [0.05, 0.1) is 6.54 Å². The fourth-order valence-electron chi connectivity index (χ4n) is 1.46. The lowest BCUT2D eigenvalue weighted by Gasteiger charge is -2.07. The van der Waals surface area contributed by atoms with Gasteiger partial charge in [0, 0.05) is 25.3 Å². The Morgan fingerprint density at radius 1 is 1.16 bits per heavy atom. The van der Waals surface area contributed by atoms with E-state index in [9.17, 15) is 9.59 Å². The molecule has 104 valence electrons. The van der Waals surface area contributed by atoms with Crippen molar-refractivity contribution in [1.29, 1.82) is 0 Å². The predicted molar refractivity (Wildman–Crippen MR) is 72.9 cm³/mol. The van der Waals surface area contributed by atoms with Gasteiger partial charge >= 0.3 is 0 Å². The molecule has 5 heteroatoms. The Labute approximate surface area is 113 Å². The van der Waals surface area contributed by atoms with Crippen LogP contribution in [0.1, 0.15) is 23.7 Å². The molecule has 0 saturated heterocycles. The quantitative estimate of drug-likeness (QED) is 0.687. The van der Waals surface area contributed by atoms with Gasteiger partial charge < -0.3 is 15.4 Å². The standard InChI is InChI=1S/C14H20N2O3/c1-2-19-10-6-9-15-13(17)11-16-14(18)12-7-4-3-5-8-12/h3-5,7-8H,2,6,9-11H2,1H3,(H,15,17)(H,16,18). The molecule has 0 unspecified atom stereocenters. The first-order valence-corrected chi connectivity index (χ1v) is 6.41. The predicted octanol–water partition coefficient (Wildman–Crippen LogP) is 0.959. The van der Waals surface area contributed by atoms with Crippen molar-refractivity contribution in [2.24, 2.45) is 0 Å². The molecule has 0 radical (unpaired) electrons. The van der Waals surface area contributed by atoms with E-state index in [4.69, 9.17) is 4.74 Å². The zero-order chi connectivity index (χ0) is 13.9. The summed E-state index contributed by atoms with van der Waals surface area (Å²) in [6.07, 6.45) is 0.770. The Hall–Kier alpha value is -1.88. The van der Waals surface area contributed by atoms with Crippen LogP contribution in [0.15, 0.2) is 30.3 Å². The molecule has 5 nitrogen and oxygen atoms in total. The Balaban J connectivity index is 2.15. The first-order chi connectivity index (χ1) is 9.24. The molecule has 1 aromatic carbocycles. The summed E-state index contributed by atoms with van der Waals surface area (Å²) in [4.78, 5) is 23.1. The zero-order valence-corrected chi connectivity index (χ0v) is 11.1. The number of carbonyl (C=O) groups is 2. The van der Waals surface area contributed by atoms with Crippen LogP contribution in [0.2, 0.25) is 0 Å². The second kappa shape index (κ2) is 9.10. The van der Waals surface area contributed by atoms with Crippen molar-refractivity contribution in [2.75, 3.05) is 26.3 Å². The van der Waals surface area contributed by atoms with Gasteiger partial charge in [-0.3, -0.25) is 9.59 Å². The largest absolute Gasteiger partial charge is 0.382 e. The van der Waals surface area contributed by atoms with E-state index in [0.29, 0.717) is 25.3 Å². The summed E-state index contributed by atoms with van der Waals surface area (Å²) in [5.41, 5.74) is 0.548. The minimum absolute atomic E-state index is 0.0115. The summed E-state index contributed by atoms with van der Waals surface area (Å²) in [6.45, 7) is 3.79. The van der Waals surface area contributed by atoms with E-state index >= 15 is 0 Å². The van der Waals surface area contributed by atoms with Gasteiger partial charge in [-0.1, -0.05) is 18.2 Å². The fourth-order valence-corrected chi connectivity index (χ4v) is 1.46. The van der Waals surface area contributed by atoms with E-state index in [0.717, 1.165) is 6.42 Å². The van der Waals surface area contributed by atoms with Gasteiger partial charge in [0.2, 0.25) is 5.91 Å². The van der Waals surface area contributed by atoms with Crippen LogP contribution in [-0.4, -0.2) is 38.1 Å². The summed E-state index contributed by atoms with van der Waals surface area (Å²) in [6, 6.07) is 8.80. The molecule has 1 aromatic rings. The van der Waals surface area contributed by atoms with Gasteiger partial charge in [-0.2, -0.15) is 0 Å². The van der Waals surface area contributed by atoms with Crippen LogP contribution in [0.3, 0.4) is 0 Å². The number of carbonyl (C=O) groups excluding carboxylic acids is 2. The third-order valence-corrected chi connectivity index (χ3v) is 2.44. The van der Waals surface area contributed by atoms with Crippen LogP contribution in [0.25, 0.3) is 0 Å². The molecular weight excluding hydrogens is 244 g/mol. The molecule has 1 rings (SSSR count). The van der Waals surface area contributed by atoms with Gasteiger partial charge in [-0.25, -0.2) is 0 Å². The van der Waals surface area contributed by atoms with E-state index < -0.39 is 0 Å². The number of rotatable bonds is 8. The van der Waals surface area contributed by atoms with Crippen LogP contribution >= 0.6 is 0 Å². The molecular formula is C14H20N2O3. The summed E-state index contributed by atoms with van der Waals surface area (Å²) < 4.78 is 5.15. The number of nitrogens with one attached hydrogen (secondary N) is 2. The Morgan fingerprint density at radius 2 is 1.89 bits per heavy atom. The van der Waals surface area contributed by atoms with Crippen LogP contribution in [0, 0.1) is 0 Å². The zero-order valence-electron chi connectivity index (χ0n) is 11.1. The van der Waals surface area contributed by atoms with E-state index in [1.165, 1.54) is 0 Å². The minimum atomic E-state index is -0.245. The lowest BCUT2D eigenvalue weighted by Crippen LogP contribution is -2.37. The minimum Gasteiger partial charge on any atom is -0.382 e. The molecule has 0 aromatic heterocycles. The summed E-state index contributed by atoms with van der Waals surface area (Å²) in [5.74, 6) is -0.439. The monoisotopic (exact) mass is 264 g/mol. The van der Waals surface area contributed by atoms with E-state index in [1.807, 2.05) is 13.0 Å². The van der Waals surface area contributed by atoms with Gasteiger partial charge in [0.15, 0.2) is 0 Å². The van der Waals surface area contributed by atoms with Crippen molar-refractivity contribution in [2.45, 2.75) is 13.3 Å². The maximum Gasteiger partial charge on any atom is 0.251 e. The SMILES string of the molecule is CCOCCCNC(=O)CNC(=O)c1ccccc1. The second-order valence-electron chi connectivity index (χ2n) is 3.95. The highest BCUT2D eigenvalue weighted by atomic mass is 16.5. The third-order valence-electron chi connectivity index (χ3n) is 2.44. The average Bonchev–Trinajstić information content (AvgIpc) is 2.45. The van der Waals surface area contributed by atoms with Crippen LogP contribution < -0.4 is 10.6 Å². The van der Waals surface area contributed by atoms with Gasteiger partial charge in [-0.05, 0) is 25.5 Å². The topological polar surface area (TPSA) is 67.4 Å². The molecule has 0 aliphatic carbocycles. The van der Waals surface area contributed by atoms with Gasteiger partial charge in [-0.15, -0.1) is 0 Å². The van der Waals surface area contributed by atoms with Gasteiger partial charge in [0.1, 0.15) is 0 Å². The number of ether oxygens (including phenoxy) is 1. The van der Waals surface area contributed by atoms with Crippen molar-refractivity contribution in [3.63, 3.8) is 0 Å². The fraction of sp³-hybridized carbons (Fsp3) is 0.429. The number of benzene rings is 1. The van der Waals surface area contributed by atoms with Crippen molar-refractivity contribution in [3.05, 3.63) is 35.9 Å². The number of amides is 2. The van der Waals surface area contributed by atoms with Crippen molar-refractivity contribution in [1.82, 2.24) is 10.6 Å². The average molecular weight is 264 g/mol. The highest BCUT2D eigenvalue weighted by Crippen LogP contribution is 1.97. The molecule has 0 spiro atoms. The summed E-state index contributed by atoms with van der Waals surface area (Å²) in [5, 5.41) is 5.28. The van der Waals surface area contributed by atoms with Crippen molar-refractivity contribution >= 4 is 11.8 Å². The lowest BCUT2D eigenvalue weighted by molar-refractivity contribution is -0.120. The molecule has 19 heavy (non-hydrogen) atoms. The molecule has 0 heterocycles. The van der Waals surface area contributed by atoms with Crippen LogP contribution in [0.5, 0.6) is 0 Å². The normalized spacial score (nSPS) is 9.95. The van der Waals surface area contributed by atoms with Gasteiger partial charge in [0.25, 0.3) is 5.91 Å².